The zero-order chi connectivity index (χ0) is 73.2. The van der Waals surface area contributed by atoms with E-state index in [2.05, 4.69) is 10.8 Å². The van der Waals surface area contributed by atoms with Crippen LogP contribution in [0.2, 0.25) is 0 Å². The third-order valence-electron chi connectivity index (χ3n) is 16.6. The zero-order valence-corrected chi connectivity index (χ0v) is 59.7. The van der Waals surface area contributed by atoms with E-state index in [-0.39, 0.29) is 72.0 Å². The Morgan fingerprint density at radius 1 is 0.461 bits per heavy atom. The lowest BCUT2D eigenvalue weighted by molar-refractivity contribution is -0.151. The lowest BCUT2D eigenvalue weighted by atomic mass is 10.0. The number of nitrogens with zero attached hydrogens (tertiary/aromatic N) is 4. The van der Waals surface area contributed by atoms with Crippen molar-refractivity contribution in [1.29, 1.82) is 0 Å². The van der Waals surface area contributed by atoms with Crippen molar-refractivity contribution in [1.82, 2.24) is 25.1 Å². The fourth-order valence-corrected chi connectivity index (χ4v) is 11.5. The third-order valence-corrected chi connectivity index (χ3v) is 17.2. The summed E-state index contributed by atoms with van der Waals surface area (Å²) in [5.74, 6) is -7.71. The van der Waals surface area contributed by atoms with Crippen LogP contribution < -0.4 is 16.5 Å². The van der Waals surface area contributed by atoms with Crippen LogP contribution in [-0.4, -0.2) is 244 Å². The number of unbranched alkanes of at least 4 members (excludes halogenated alkanes) is 3. The van der Waals surface area contributed by atoms with Gasteiger partial charge in [0, 0.05) is 56.9 Å². The number of anilines is 2. The second-order valence-electron chi connectivity index (χ2n) is 23.8. The number of piperidine rings is 2. The first-order chi connectivity index (χ1) is 49.4. The van der Waals surface area contributed by atoms with Crippen molar-refractivity contribution in [2.24, 2.45) is 5.73 Å². The molecule has 9 amide bonds. The SMILES string of the molecule is CN1C(=O)CCC(N2C(=O)c3ccc(CCCOCCOCCOCCOCCOCCCCCCONC(=O)c4ccc(F)c(F)c4Nc4ccc(I)cc4F)cc3C2=O)C1=O.CN1C(=O)CCC(N2C(=O)c3ccc(CCCOCCOCCOCCOCCOCCN)cc3C2=O)C1=O. The topological polar surface area (TPSA) is 318 Å². The lowest BCUT2D eigenvalue weighted by Crippen LogP contribution is -2.54. The maximum absolute atomic E-state index is 14.6. The maximum Gasteiger partial charge on any atom is 0.277 e. The maximum atomic E-state index is 14.6. The number of halogens is 4. The monoisotopic (exact) mass is 1550 g/mol. The third kappa shape index (κ3) is 25.0. The first kappa shape index (κ1) is 82.0. The van der Waals surface area contributed by atoms with Gasteiger partial charge in [0.05, 0.1) is 158 Å². The molecule has 4 aromatic carbocycles. The van der Waals surface area contributed by atoms with Crippen LogP contribution in [-0.2, 0) is 84.2 Å². The molecule has 31 heteroatoms. The molecule has 0 aromatic heterocycles. The summed E-state index contributed by atoms with van der Waals surface area (Å²) in [6.45, 7) is 10.2. The van der Waals surface area contributed by atoms with Crippen LogP contribution in [0.4, 0.5) is 24.5 Å². The number of hydrogen-bond acceptors (Lipinski definition) is 22. The Labute approximate surface area is 604 Å². The molecule has 0 bridgehead atoms. The van der Waals surface area contributed by atoms with Crippen LogP contribution in [0.1, 0.15) is 127 Å². The number of imide groups is 4. The van der Waals surface area contributed by atoms with Gasteiger partial charge < -0.3 is 58.4 Å². The molecule has 0 spiro atoms. The first-order valence-corrected chi connectivity index (χ1v) is 35.2. The number of nitrogens with two attached hydrogens (primary N) is 1. The number of nitrogens with one attached hydrogen (secondary N) is 2. The first-order valence-electron chi connectivity index (χ1n) is 34.2. The van der Waals surface area contributed by atoms with Gasteiger partial charge in [-0.25, -0.2) is 18.7 Å². The summed E-state index contributed by atoms with van der Waals surface area (Å²) in [7, 11) is 2.74. The molecule has 558 valence electrons. The van der Waals surface area contributed by atoms with Crippen molar-refractivity contribution >= 4 is 87.1 Å². The van der Waals surface area contributed by atoms with Crippen molar-refractivity contribution in [2.45, 2.75) is 89.1 Å². The zero-order valence-electron chi connectivity index (χ0n) is 57.6. The van der Waals surface area contributed by atoms with Gasteiger partial charge in [-0.2, -0.15) is 0 Å². The van der Waals surface area contributed by atoms with Crippen LogP contribution in [0, 0.1) is 21.0 Å². The molecule has 4 heterocycles. The predicted molar refractivity (Wildman–Crippen MR) is 370 cm³/mol. The average Bonchev–Trinajstić information content (AvgIpc) is 1.61. The minimum absolute atomic E-state index is 0.0960. The Bertz CT molecular complexity index is 3470. The molecule has 2 atom stereocenters. The summed E-state index contributed by atoms with van der Waals surface area (Å²) in [5.41, 5.74) is 9.60. The fourth-order valence-electron chi connectivity index (χ4n) is 11.1. The van der Waals surface area contributed by atoms with E-state index in [1.807, 2.05) is 28.7 Å². The molecule has 0 aliphatic carbocycles. The number of rotatable bonds is 47. The number of fused-ring (bicyclic) bond motifs is 2. The van der Waals surface area contributed by atoms with Crippen molar-refractivity contribution in [3.05, 3.63) is 127 Å². The number of benzene rings is 4. The Kier molecular flexibility index (Phi) is 35.7. The number of likely N-dealkylation sites (N-methyl/N-ethyl adjacent to an activating group) is 2. The standard InChI is InChI=1S/C44H52F3IN4O11.C27H39N3O9/c1-51-38(53)15-14-37(44(51)57)52-42(55)31-10-8-29(27-33(31)43(52)56)7-6-17-59-20-22-61-24-26-62-25-23-60-21-19-58-16-4-2-3-5-18-63-50-41(54)32-11-12-34(45)39(47)40(32)49-36-13-9-30(48)28-35(36)46;1-29-24(31)7-6-23(27(29)34)30-25(32)21-5-4-20(19-22(21)26(30)33)3-2-9-35-11-13-37-15-17-39-18-16-38-14-12-36-10-8-28/h8-13,27-28,37,49H,2-7,14-26H2,1H3,(H,50,54);4-5,19,23H,2-3,6-18,28H2,1H3. The van der Waals surface area contributed by atoms with E-state index in [4.69, 9.17) is 57.9 Å². The molecule has 4 aliphatic heterocycles. The molecule has 0 saturated carbocycles. The van der Waals surface area contributed by atoms with E-state index in [1.165, 1.54) is 26.2 Å². The van der Waals surface area contributed by atoms with E-state index in [1.54, 1.807) is 36.4 Å². The number of amides is 9. The predicted octanol–water partition coefficient (Wildman–Crippen LogP) is 6.54. The van der Waals surface area contributed by atoms with Gasteiger partial charge in [-0.3, -0.25) is 67.6 Å². The Balaban J connectivity index is 0.000000320. The van der Waals surface area contributed by atoms with Gasteiger partial charge in [0.15, 0.2) is 11.6 Å². The van der Waals surface area contributed by atoms with Gasteiger partial charge in [-0.1, -0.05) is 25.0 Å². The number of likely N-dealkylation sites (tertiary alicyclic amines) is 2. The van der Waals surface area contributed by atoms with Gasteiger partial charge in [0.25, 0.3) is 41.4 Å². The molecule has 102 heavy (non-hydrogen) atoms. The molecule has 4 aromatic rings. The quantitative estimate of drug-likeness (QED) is 0.0183. The normalized spacial score (nSPS) is 16.0. The Hall–Kier alpha value is -7.25. The van der Waals surface area contributed by atoms with E-state index in [0.29, 0.717) is 173 Å². The van der Waals surface area contributed by atoms with Crippen molar-refractivity contribution in [3.63, 3.8) is 0 Å². The Morgan fingerprint density at radius 3 is 1.27 bits per heavy atom. The number of carbonyl (C=O) groups is 9. The van der Waals surface area contributed by atoms with Crippen molar-refractivity contribution in [3.8, 4) is 0 Å². The minimum Gasteiger partial charge on any atom is -0.379 e. The smallest absolute Gasteiger partial charge is 0.277 e. The molecular formula is C71H91F3IN7O20. The summed E-state index contributed by atoms with van der Waals surface area (Å²) >= 11 is 1.92. The summed E-state index contributed by atoms with van der Waals surface area (Å²) < 4.78 is 98.4. The highest BCUT2D eigenvalue weighted by Crippen LogP contribution is 2.33. The van der Waals surface area contributed by atoms with Crippen molar-refractivity contribution in [2.75, 3.05) is 165 Å². The highest BCUT2D eigenvalue weighted by molar-refractivity contribution is 14.1. The number of carbonyl (C=O) groups excluding carboxylic acids is 9. The molecule has 4 aliphatic rings. The summed E-state index contributed by atoms with van der Waals surface area (Å²) in [4.78, 5) is 123. The van der Waals surface area contributed by atoms with E-state index in [0.717, 1.165) is 68.5 Å². The molecule has 8 rings (SSSR count). The average molecular weight is 1550 g/mol. The molecule has 27 nitrogen and oxygen atoms in total. The molecule has 4 N–H and O–H groups in total. The fraction of sp³-hybridized carbons (Fsp3) is 0.535. The highest BCUT2D eigenvalue weighted by Gasteiger charge is 2.48. The van der Waals surface area contributed by atoms with Gasteiger partial charge in [0.2, 0.25) is 11.8 Å². The van der Waals surface area contributed by atoms with E-state index >= 15 is 0 Å². The minimum atomic E-state index is -1.31. The summed E-state index contributed by atoms with van der Waals surface area (Å²) in [6, 6.07) is 14.4. The molecule has 2 fully saturated rings. The summed E-state index contributed by atoms with van der Waals surface area (Å²) in [6.07, 6.45) is 6.40. The molecular weight excluding hydrogens is 1450 g/mol. The van der Waals surface area contributed by atoms with E-state index in [9.17, 15) is 56.3 Å². The number of hydroxylamine groups is 1. The van der Waals surface area contributed by atoms with Crippen LogP contribution in [0.3, 0.4) is 0 Å². The number of aryl methyl sites for hydroxylation is 2. The van der Waals surface area contributed by atoms with Gasteiger partial charge in [0.1, 0.15) is 17.9 Å². The van der Waals surface area contributed by atoms with Crippen LogP contribution >= 0.6 is 22.6 Å². The largest absolute Gasteiger partial charge is 0.379 e. The second kappa shape index (κ2) is 44.4. The van der Waals surface area contributed by atoms with Gasteiger partial charge in [-0.15, -0.1) is 0 Å². The number of hydrogen-bond donors (Lipinski definition) is 3. The highest BCUT2D eigenvalue weighted by atomic mass is 127. The van der Waals surface area contributed by atoms with E-state index < -0.39 is 76.6 Å². The van der Waals surface area contributed by atoms with Crippen molar-refractivity contribution < 1.29 is 109 Å². The van der Waals surface area contributed by atoms with Gasteiger partial charge in [-0.05, 0) is 140 Å². The Morgan fingerprint density at radius 2 is 0.853 bits per heavy atom. The lowest BCUT2D eigenvalue weighted by Gasteiger charge is -2.32. The van der Waals surface area contributed by atoms with Crippen LogP contribution in [0.5, 0.6) is 0 Å². The van der Waals surface area contributed by atoms with Crippen LogP contribution in [0.15, 0.2) is 66.7 Å². The summed E-state index contributed by atoms with van der Waals surface area (Å²) in [5, 5.41) is 2.48. The van der Waals surface area contributed by atoms with Gasteiger partial charge >= 0.3 is 0 Å². The molecule has 0 radical (unpaired) electrons. The second-order valence-corrected chi connectivity index (χ2v) is 25.0. The number of ether oxygens (including phenoxy) is 10. The molecule has 2 unspecified atom stereocenters. The van der Waals surface area contributed by atoms with Crippen LogP contribution in [0.25, 0.3) is 0 Å². The molecule has 2 saturated heterocycles.